The predicted octanol–water partition coefficient (Wildman–Crippen LogP) is 1.84. The molecule has 3 aliphatic rings. The van der Waals surface area contributed by atoms with Crippen molar-refractivity contribution in [3.63, 3.8) is 0 Å². The van der Waals surface area contributed by atoms with Crippen LogP contribution in [0.1, 0.15) is 39.0 Å². The Hall–Kier alpha value is -2.00. The molecule has 0 saturated carbocycles. The molecule has 4 rings (SSSR count). The van der Waals surface area contributed by atoms with Crippen LogP contribution in [0.15, 0.2) is 29.2 Å². The van der Waals surface area contributed by atoms with E-state index < -0.39 is 21.3 Å². The fraction of sp³-hybridized carbons (Fsp3) is 0.619. The number of fused-ring (bicyclic) bond motifs is 1. The van der Waals surface area contributed by atoms with E-state index in [2.05, 4.69) is 0 Å². The lowest BCUT2D eigenvalue weighted by Crippen LogP contribution is -2.51. The molecule has 2 amide bonds. The molecule has 0 aromatic heterocycles. The molecule has 0 unspecified atom stereocenters. The summed E-state index contributed by atoms with van der Waals surface area (Å²) in [5.74, 6) is -0.507. The first kappa shape index (κ1) is 21.2. The molecule has 3 aliphatic heterocycles. The number of halogens is 1. The molecule has 30 heavy (non-hydrogen) atoms. The predicted molar refractivity (Wildman–Crippen MR) is 108 cm³/mol. The van der Waals surface area contributed by atoms with Crippen molar-refractivity contribution in [2.75, 3.05) is 32.7 Å². The van der Waals surface area contributed by atoms with E-state index in [1.165, 1.54) is 23.4 Å². The van der Waals surface area contributed by atoms with Crippen molar-refractivity contribution in [3.8, 4) is 0 Å². The highest BCUT2D eigenvalue weighted by molar-refractivity contribution is 7.89. The summed E-state index contributed by atoms with van der Waals surface area (Å²) in [4.78, 5) is 29.5. The monoisotopic (exact) mass is 437 g/mol. The molecule has 0 radical (unpaired) electrons. The van der Waals surface area contributed by atoms with Crippen molar-refractivity contribution in [2.45, 2.75) is 50.0 Å². The fourth-order valence-electron chi connectivity index (χ4n) is 5.33. The summed E-state index contributed by atoms with van der Waals surface area (Å²) in [6.45, 7) is 3.93. The summed E-state index contributed by atoms with van der Waals surface area (Å²) >= 11 is 0. The van der Waals surface area contributed by atoms with Gasteiger partial charge in [0.05, 0.1) is 10.3 Å². The van der Waals surface area contributed by atoms with E-state index in [0.717, 1.165) is 38.1 Å². The molecule has 0 spiro atoms. The van der Waals surface area contributed by atoms with Crippen LogP contribution in [0.3, 0.4) is 0 Å². The van der Waals surface area contributed by atoms with Crippen LogP contribution in [0.25, 0.3) is 0 Å². The number of hydrogen-bond donors (Lipinski definition) is 0. The van der Waals surface area contributed by atoms with Gasteiger partial charge in [0.1, 0.15) is 5.82 Å². The van der Waals surface area contributed by atoms with Gasteiger partial charge in [-0.05, 0) is 56.4 Å². The third-order valence-corrected chi connectivity index (χ3v) is 8.86. The van der Waals surface area contributed by atoms with Crippen LogP contribution in [0.4, 0.5) is 4.39 Å². The number of rotatable bonds is 3. The molecule has 0 bridgehead atoms. The van der Waals surface area contributed by atoms with Crippen LogP contribution in [-0.4, -0.2) is 73.1 Å². The smallest absolute Gasteiger partial charge is 0.243 e. The molecule has 3 saturated heterocycles. The van der Waals surface area contributed by atoms with Gasteiger partial charge in [0.25, 0.3) is 0 Å². The van der Waals surface area contributed by atoms with Gasteiger partial charge in [-0.1, -0.05) is 0 Å². The van der Waals surface area contributed by atoms with Gasteiger partial charge >= 0.3 is 0 Å². The average Bonchev–Trinajstić information content (AvgIpc) is 3.33. The molecule has 9 heteroatoms. The lowest BCUT2D eigenvalue weighted by atomic mass is 9.75. The largest absolute Gasteiger partial charge is 0.342 e. The molecule has 1 aromatic rings. The molecule has 0 N–H and O–H groups in total. The van der Waals surface area contributed by atoms with Crippen LogP contribution in [0.5, 0.6) is 0 Å². The number of carbonyl (C=O) groups excluding carboxylic acids is 2. The van der Waals surface area contributed by atoms with Crippen molar-refractivity contribution in [1.82, 2.24) is 14.1 Å². The standard InChI is InChI=1S/C21H28FN3O4S/c1-16(26)25-15-10-21(20(27)23-11-2-3-12-23)9-14-24(13-8-19(21)25)30(28,29)18-6-4-17(22)5-7-18/h4-7,19H,2-3,8-15H2,1H3/t19-,21+/m0/s1. The molecule has 3 fully saturated rings. The highest BCUT2D eigenvalue weighted by Gasteiger charge is 2.56. The average molecular weight is 438 g/mol. The number of carbonyl (C=O) groups is 2. The van der Waals surface area contributed by atoms with Gasteiger partial charge in [-0.2, -0.15) is 4.31 Å². The number of hydrogen-bond acceptors (Lipinski definition) is 4. The number of likely N-dealkylation sites (tertiary alicyclic amines) is 2. The minimum atomic E-state index is -3.80. The number of sulfonamides is 1. The summed E-state index contributed by atoms with van der Waals surface area (Å²) in [5, 5.41) is 0. The maximum Gasteiger partial charge on any atom is 0.243 e. The van der Waals surface area contributed by atoms with Crippen molar-refractivity contribution < 1.29 is 22.4 Å². The summed E-state index contributed by atoms with van der Waals surface area (Å²) in [5.41, 5.74) is -0.733. The Bertz CT molecular complexity index is 930. The topological polar surface area (TPSA) is 78.0 Å². The van der Waals surface area contributed by atoms with Crippen LogP contribution >= 0.6 is 0 Å². The van der Waals surface area contributed by atoms with Crippen molar-refractivity contribution in [3.05, 3.63) is 30.1 Å². The summed E-state index contributed by atoms with van der Waals surface area (Å²) in [6.07, 6.45) is 3.33. The van der Waals surface area contributed by atoms with Gasteiger partial charge in [-0.3, -0.25) is 9.59 Å². The second-order valence-corrected chi connectivity index (χ2v) is 10.5. The Morgan fingerprint density at radius 1 is 1.00 bits per heavy atom. The molecule has 3 heterocycles. The Kier molecular flexibility index (Phi) is 5.61. The van der Waals surface area contributed by atoms with Gasteiger partial charge in [-0.15, -0.1) is 0 Å². The first-order valence-corrected chi connectivity index (χ1v) is 12.0. The van der Waals surface area contributed by atoms with Crippen molar-refractivity contribution in [1.29, 1.82) is 0 Å². The Labute approximate surface area is 176 Å². The van der Waals surface area contributed by atoms with Crippen LogP contribution in [0, 0.1) is 11.2 Å². The quantitative estimate of drug-likeness (QED) is 0.723. The molecule has 164 valence electrons. The molecule has 1 aromatic carbocycles. The third kappa shape index (κ3) is 3.51. The molecule has 2 atom stereocenters. The fourth-order valence-corrected chi connectivity index (χ4v) is 6.79. The number of amides is 2. The lowest BCUT2D eigenvalue weighted by Gasteiger charge is -2.37. The summed E-state index contributed by atoms with van der Waals surface area (Å²) in [7, 11) is -3.80. The van der Waals surface area contributed by atoms with E-state index in [9.17, 15) is 22.4 Å². The first-order chi connectivity index (χ1) is 14.3. The van der Waals surface area contributed by atoms with E-state index in [0.29, 0.717) is 25.8 Å². The van der Waals surface area contributed by atoms with Gasteiger partial charge in [0.2, 0.25) is 21.8 Å². The molecule has 7 nitrogen and oxygen atoms in total. The maximum absolute atomic E-state index is 13.6. The highest BCUT2D eigenvalue weighted by atomic mass is 32.2. The minimum Gasteiger partial charge on any atom is -0.342 e. The zero-order chi connectivity index (χ0) is 21.5. The van der Waals surface area contributed by atoms with Crippen molar-refractivity contribution in [2.24, 2.45) is 5.41 Å². The highest BCUT2D eigenvalue weighted by Crippen LogP contribution is 2.46. The van der Waals surface area contributed by atoms with E-state index >= 15 is 0 Å². The van der Waals surface area contributed by atoms with Gasteiger partial charge in [-0.25, -0.2) is 12.8 Å². The van der Waals surface area contributed by atoms with E-state index in [1.54, 1.807) is 4.90 Å². The van der Waals surface area contributed by atoms with Gasteiger partial charge < -0.3 is 9.80 Å². The van der Waals surface area contributed by atoms with E-state index in [-0.39, 0.29) is 35.8 Å². The van der Waals surface area contributed by atoms with Gasteiger partial charge in [0, 0.05) is 45.7 Å². The second-order valence-electron chi connectivity index (χ2n) is 8.53. The normalized spacial score (nSPS) is 27.7. The Morgan fingerprint density at radius 2 is 1.63 bits per heavy atom. The Balaban J connectivity index is 1.64. The van der Waals surface area contributed by atoms with Gasteiger partial charge in [0.15, 0.2) is 0 Å². The van der Waals surface area contributed by atoms with E-state index in [1.807, 2.05) is 4.90 Å². The summed E-state index contributed by atoms with van der Waals surface area (Å²) < 4.78 is 40.9. The van der Waals surface area contributed by atoms with E-state index in [4.69, 9.17) is 0 Å². The third-order valence-electron chi connectivity index (χ3n) is 6.95. The zero-order valence-electron chi connectivity index (χ0n) is 17.2. The molecular weight excluding hydrogens is 409 g/mol. The maximum atomic E-state index is 13.6. The SMILES string of the molecule is CC(=O)N1CC[C@]2(C(=O)N3CCCC3)CCN(S(=O)(=O)c3ccc(F)cc3)CC[C@H]12. The Morgan fingerprint density at radius 3 is 2.27 bits per heavy atom. The minimum absolute atomic E-state index is 0.0410. The first-order valence-electron chi connectivity index (χ1n) is 10.6. The lowest BCUT2D eigenvalue weighted by molar-refractivity contribution is -0.144. The zero-order valence-corrected chi connectivity index (χ0v) is 18.0. The molecular formula is C21H28FN3O4S. The number of nitrogens with zero attached hydrogens (tertiary/aromatic N) is 3. The number of benzene rings is 1. The summed E-state index contributed by atoms with van der Waals surface area (Å²) in [6, 6.07) is 4.51. The van der Waals surface area contributed by atoms with Crippen LogP contribution in [0.2, 0.25) is 0 Å². The van der Waals surface area contributed by atoms with Crippen LogP contribution < -0.4 is 0 Å². The van der Waals surface area contributed by atoms with Crippen molar-refractivity contribution >= 4 is 21.8 Å². The second kappa shape index (κ2) is 7.92. The van der Waals surface area contributed by atoms with Crippen LogP contribution in [-0.2, 0) is 19.6 Å². The molecule has 0 aliphatic carbocycles.